The van der Waals surface area contributed by atoms with Crippen LogP contribution in [0.25, 0.3) is 16.7 Å². The Labute approximate surface area is 208 Å². The molecular formula is C27H27N5O2S. The number of amides is 1. The quantitative estimate of drug-likeness (QED) is 0.312. The van der Waals surface area contributed by atoms with Gasteiger partial charge < -0.3 is 10.2 Å². The Morgan fingerprint density at radius 1 is 1.03 bits per heavy atom. The minimum atomic E-state index is -0.204. The zero-order valence-corrected chi connectivity index (χ0v) is 20.4. The van der Waals surface area contributed by atoms with Gasteiger partial charge in [-0.1, -0.05) is 23.9 Å². The third-order valence-corrected chi connectivity index (χ3v) is 7.02. The summed E-state index contributed by atoms with van der Waals surface area (Å²) >= 11 is 1.22. The Kier molecular flexibility index (Phi) is 6.81. The second-order valence-electron chi connectivity index (χ2n) is 8.67. The van der Waals surface area contributed by atoms with Gasteiger partial charge in [0.2, 0.25) is 5.91 Å². The molecule has 5 rings (SSSR count). The molecule has 2 aromatic carbocycles. The summed E-state index contributed by atoms with van der Waals surface area (Å²) in [5.74, 6) is 0.445. The molecular weight excluding hydrogens is 458 g/mol. The van der Waals surface area contributed by atoms with Crippen molar-refractivity contribution in [3.05, 3.63) is 82.8 Å². The van der Waals surface area contributed by atoms with Gasteiger partial charge in [-0.2, -0.15) is 0 Å². The number of carbonyl (C=O) groups excluding carboxylic acids is 1. The molecule has 1 aliphatic rings. The first-order chi connectivity index (χ1) is 17.1. The molecule has 0 aliphatic carbocycles. The van der Waals surface area contributed by atoms with Crippen LogP contribution in [0, 0.1) is 6.92 Å². The van der Waals surface area contributed by atoms with Crippen LogP contribution in [0.4, 0.5) is 11.4 Å². The van der Waals surface area contributed by atoms with Crippen molar-refractivity contribution in [2.24, 2.45) is 0 Å². The van der Waals surface area contributed by atoms with Crippen LogP contribution in [0.1, 0.15) is 24.8 Å². The number of fused-ring (bicyclic) bond motifs is 1. The molecule has 0 saturated carbocycles. The average molecular weight is 486 g/mol. The molecule has 0 unspecified atom stereocenters. The van der Waals surface area contributed by atoms with Crippen molar-refractivity contribution in [2.45, 2.75) is 31.3 Å². The summed E-state index contributed by atoms with van der Waals surface area (Å²) in [7, 11) is 0. The Hall–Kier alpha value is -3.65. The van der Waals surface area contributed by atoms with Crippen molar-refractivity contribution < 1.29 is 4.79 Å². The van der Waals surface area contributed by atoms with Gasteiger partial charge in [0, 0.05) is 30.7 Å². The summed E-state index contributed by atoms with van der Waals surface area (Å²) in [5, 5.41) is 3.90. The number of aryl methyl sites for hydroxylation is 1. The molecule has 1 fully saturated rings. The van der Waals surface area contributed by atoms with Gasteiger partial charge >= 0.3 is 0 Å². The van der Waals surface area contributed by atoms with Gasteiger partial charge in [-0.3, -0.25) is 9.59 Å². The number of benzene rings is 2. The monoisotopic (exact) mass is 485 g/mol. The first kappa shape index (κ1) is 23.1. The number of pyridine rings is 1. The van der Waals surface area contributed by atoms with Crippen LogP contribution in [0.15, 0.2) is 76.8 Å². The van der Waals surface area contributed by atoms with Gasteiger partial charge in [0.15, 0.2) is 5.16 Å². The highest BCUT2D eigenvalue weighted by Crippen LogP contribution is 2.23. The van der Waals surface area contributed by atoms with Crippen molar-refractivity contribution >= 4 is 39.9 Å². The summed E-state index contributed by atoms with van der Waals surface area (Å²) in [6, 6.07) is 18.9. The number of piperidine rings is 1. The number of aromatic nitrogens is 3. The molecule has 1 N–H and O–H groups in total. The molecule has 0 spiro atoms. The smallest absolute Gasteiger partial charge is 0.267 e. The van der Waals surface area contributed by atoms with Gasteiger partial charge in [-0.05, 0) is 80.3 Å². The zero-order valence-electron chi connectivity index (χ0n) is 19.6. The molecule has 1 amide bonds. The van der Waals surface area contributed by atoms with E-state index >= 15 is 0 Å². The van der Waals surface area contributed by atoms with Crippen LogP contribution >= 0.6 is 11.8 Å². The zero-order chi connectivity index (χ0) is 24.2. The Balaban J connectivity index is 1.34. The van der Waals surface area contributed by atoms with E-state index in [2.05, 4.69) is 32.3 Å². The number of para-hydroxylation sites is 1. The van der Waals surface area contributed by atoms with E-state index in [1.165, 1.54) is 41.3 Å². The van der Waals surface area contributed by atoms with E-state index in [0.717, 1.165) is 24.3 Å². The number of thioether (sulfide) groups is 1. The molecule has 3 heterocycles. The van der Waals surface area contributed by atoms with Crippen LogP contribution in [0.5, 0.6) is 0 Å². The van der Waals surface area contributed by atoms with Crippen molar-refractivity contribution in [1.29, 1.82) is 0 Å². The fourth-order valence-electron chi connectivity index (χ4n) is 4.29. The minimum Gasteiger partial charge on any atom is -0.372 e. The Morgan fingerprint density at radius 3 is 2.57 bits per heavy atom. The van der Waals surface area contributed by atoms with Crippen molar-refractivity contribution in [1.82, 2.24) is 14.5 Å². The molecule has 1 aliphatic heterocycles. The minimum absolute atomic E-state index is 0.116. The molecule has 0 radical (unpaired) electrons. The van der Waals surface area contributed by atoms with Crippen molar-refractivity contribution in [2.75, 3.05) is 29.1 Å². The summed E-state index contributed by atoms with van der Waals surface area (Å²) in [4.78, 5) is 37.5. The Bertz CT molecular complexity index is 1410. The topological polar surface area (TPSA) is 80.1 Å². The average Bonchev–Trinajstić information content (AvgIpc) is 2.88. The molecule has 0 bridgehead atoms. The molecule has 7 nitrogen and oxygen atoms in total. The number of anilines is 2. The molecule has 2 aromatic heterocycles. The van der Waals surface area contributed by atoms with Crippen LogP contribution in [-0.4, -0.2) is 39.3 Å². The molecule has 8 heteroatoms. The maximum Gasteiger partial charge on any atom is 0.267 e. The third kappa shape index (κ3) is 5.22. The lowest BCUT2D eigenvalue weighted by Gasteiger charge is -2.28. The third-order valence-electron chi connectivity index (χ3n) is 6.08. The summed E-state index contributed by atoms with van der Waals surface area (Å²) < 4.78 is 1.49. The molecule has 35 heavy (non-hydrogen) atoms. The van der Waals surface area contributed by atoms with E-state index < -0.39 is 0 Å². The molecule has 1 saturated heterocycles. The second-order valence-corrected chi connectivity index (χ2v) is 9.62. The SMILES string of the molecule is Cc1ccnc(-n2c(SCC(=O)Nc3ccc(N4CCCCC4)cc3)nc3ccccc3c2=O)c1. The van der Waals surface area contributed by atoms with E-state index in [1.54, 1.807) is 18.3 Å². The van der Waals surface area contributed by atoms with Gasteiger partial charge in [0.05, 0.1) is 16.7 Å². The number of hydrogen-bond donors (Lipinski definition) is 1. The lowest BCUT2D eigenvalue weighted by atomic mass is 10.1. The summed E-state index contributed by atoms with van der Waals surface area (Å²) in [6.07, 6.45) is 5.41. The van der Waals surface area contributed by atoms with Gasteiger partial charge in [-0.15, -0.1) is 0 Å². The van der Waals surface area contributed by atoms with Crippen LogP contribution in [0.3, 0.4) is 0 Å². The highest BCUT2D eigenvalue weighted by atomic mass is 32.2. The van der Waals surface area contributed by atoms with E-state index in [4.69, 9.17) is 0 Å². The van der Waals surface area contributed by atoms with Gasteiger partial charge in [0.25, 0.3) is 5.56 Å². The fourth-order valence-corrected chi connectivity index (χ4v) is 5.09. The number of hydrogen-bond acceptors (Lipinski definition) is 6. The lowest BCUT2D eigenvalue weighted by Crippen LogP contribution is -2.29. The largest absolute Gasteiger partial charge is 0.372 e. The van der Waals surface area contributed by atoms with Crippen LogP contribution in [-0.2, 0) is 4.79 Å². The number of nitrogens with one attached hydrogen (secondary N) is 1. The van der Waals surface area contributed by atoms with Gasteiger partial charge in [-0.25, -0.2) is 14.5 Å². The number of carbonyl (C=O) groups is 1. The highest BCUT2D eigenvalue weighted by Gasteiger charge is 2.16. The number of rotatable bonds is 6. The van der Waals surface area contributed by atoms with Crippen LogP contribution in [0.2, 0.25) is 0 Å². The first-order valence-corrected chi connectivity index (χ1v) is 12.8. The van der Waals surface area contributed by atoms with Gasteiger partial charge in [0.1, 0.15) is 5.82 Å². The highest BCUT2D eigenvalue weighted by molar-refractivity contribution is 7.99. The molecule has 0 atom stereocenters. The van der Waals surface area contributed by atoms with E-state index in [1.807, 2.05) is 43.3 Å². The van der Waals surface area contributed by atoms with Crippen molar-refractivity contribution in [3.63, 3.8) is 0 Å². The normalized spacial score (nSPS) is 13.7. The fraction of sp³-hybridized carbons (Fsp3) is 0.259. The van der Waals surface area contributed by atoms with E-state index in [-0.39, 0.29) is 17.2 Å². The predicted octanol–water partition coefficient (Wildman–Crippen LogP) is 4.81. The lowest BCUT2D eigenvalue weighted by molar-refractivity contribution is -0.113. The maximum absolute atomic E-state index is 13.3. The summed E-state index contributed by atoms with van der Waals surface area (Å²) in [6.45, 7) is 4.11. The van der Waals surface area contributed by atoms with Crippen molar-refractivity contribution in [3.8, 4) is 5.82 Å². The predicted molar refractivity (Wildman–Crippen MR) is 142 cm³/mol. The standard InChI is InChI=1S/C27H27N5O2S/c1-19-13-14-28-24(17-19)32-26(34)22-7-3-4-8-23(22)30-27(32)35-18-25(33)29-20-9-11-21(12-10-20)31-15-5-2-6-16-31/h3-4,7-14,17H,2,5-6,15-16,18H2,1H3,(H,29,33). The van der Waals surface area contributed by atoms with E-state index in [9.17, 15) is 9.59 Å². The Morgan fingerprint density at radius 2 is 1.80 bits per heavy atom. The van der Waals surface area contributed by atoms with E-state index in [0.29, 0.717) is 21.9 Å². The molecule has 178 valence electrons. The second kappa shape index (κ2) is 10.3. The molecule has 4 aromatic rings. The number of nitrogens with zero attached hydrogens (tertiary/aromatic N) is 4. The maximum atomic E-state index is 13.3. The first-order valence-electron chi connectivity index (χ1n) is 11.8. The summed E-state index contributed by atoms with van der Waals surface area (Å²) in [5.41, 5.74) is 3.31. The van der Waals surface area contributed by atoms with Crippen LogP contribution < -0.4 is 15.8 Å².